The summed E-state index contributed by atoms with van der Waals surface area (Å²) in [6.45, 7) is 7.13. The summed E-state index contributed by atoms with van der Waals surface area (Å²) in [4.78, 5) is 39.8. The number of ether oxygens (including phenoxy) is 1. The van der Waals surface area contributed by atoms with E-state index in [-0.39, 0.29) is 23.9 Å². The molecule has 0 spiro atoms. The number of amides is 2. The van der Waals surface area contributed by atoms with Gasteiger partial charge >= 0.3 is 0 Å². The number of rotatable bonds is 7. The molecule has 1 saturated heterocycles. The van der Waals surface area contributed by atoms with Crippen molar-refractivity contribution >= 4 is 28.8 Å². The number of aromatic nitrogens is 3. The normalized spacial score (nSPS) is 15.3. The van der Waals surface area contributed by atoms with Crippen molar-refractivity contribution in [2.75, 3.05) is 38.8 Å². The lowest BCUT2D eigenvalue weighted by Crippen LogP contribution is -2.59. The molecule has 9 heteroatoms. The maximum absolute atomic E-state index is 12.5. The third-order valence-corrected chi connectivity index (χ3v) is 4.66. The van der Waals surface area contributed by atoms with Crippen molar-refractivity contribution in [2.24, 2.45) is 0 Å². The fraction of sp³-hybridized carbons (Fsp3) is 0.444. The van der Waals surface area contributed by atoms with E-state index in [2.05, 4.69) is 26.8 Å². The van der Waals surface area contributed by atoms with Crippen LogP contribution >= 0.6 is 0 Å². The van der Waals surface area contributed by atoms with Crippen LogP contribution in [0.4, 0.5) is 5.82 Å². The van der Waals surface area contributed by atoms with E-state index in [0.29, 0.717) is 42.2 Å². The van der Waals surface area contributed by atoms with Crippen LogP contribution in [-0.2, 0) is 9.53 Å². The van der Waals surface area contributed by atoms with Crippen LogP contribution in [-0.4, -0.2) is 77.6 Å². The lowest BCUT2D eigenvalue weighted by atomic mass is 10.1. The van der Waals surface area contributed by atoms with Crippen LogP contribution in [0.3, 0.4) is 0 Å². The van der Waals surface area contributed by atoms with Crippen molar-refractivity contribution in [2.45, 2.75) is 19.0 Å². The van der Waals surface area contributed by atoms with E-state index >= 15 is 0 Å². The Morgan fingerprint density at radius 1 is 1.56 bits per heavy atom. The quantitative estimate of drug-likeness (QED) is 0.688. The number of nitrogens with one attached hydrogen (secondary N) is 2. The highest BCUT2D eigenvalue weighted by Crippen LogP contribution is 2.24. The molecule has 3 rings (SSSR count). The number of H-pyrrole nitrogens is 1. The molecule has 1 aliphatic heterocycles. The molecular weight excluding hydrogens is 348 g/mol. The smallest absolute Gasteiger partial charge is 0.255 e. The first-order chi connectivity index (χ1) is 12.9. The standard InChI is InChI=1S/C18H24N6O3/c1-5-15(25)23(3)12-8-24(9-12)14-7-20-17-16(22-14)13(6-19-17)18(26)21-11(2)10-27-4/h5-7,11-12H,1,8-10H2,2-4H3,(H,19,20)(H,21,26)/t11-/m0/s1. The summed E-state index contributed by atoms with van der Waals surface area (Å²) in [5, 5.41) is 2.87. The molecule has 0 bridgehead atoms. The third kappa shape index (κ3) is 3.77. The summed E-state index contributed by atoms with van der Waals surface area (Å²) >= 11 is 0. The first-order valence-electron chi connectivity index (χ1n) is 8.72. The number of hydrogen-bond acceptors (Lipinski definition) is 6. The third-order valence-electron chi connectivity index (χ3n) is 4.66. The Balaban J connectivity index is 1.73. The molecule has 0 aliphatic carbocycles. The number of likely N-dealkylation sites (N-methyl/N-ethyl adjacent to an activating group) is 1. The number of carbonyl (C=O) groups excluding carboxylic acids is 2. The van der Waals surface area contributed by atoms with Crippen LogP contribution in [0, 0.1) is 0 Å². The molecule has 1 aliphatic rings. The van der Waals surface area contributed by atoms with Crippen LogP contribution in [0.1, 0.15) is 17.3 Å². The Morgan fingerprint density at radius 3 is 2.96 bits per heavy atom. The number of carbonyl (C=O) groups is 2. The van der Waals surface area contributed by atoms with Crippen LogP contribution in [0.25, 0.3) is 11.2 Å². The zero-order valence-electron chi connectivity index (χ0n) is 15.7. The van der Waals surface area contributed by atoms with Gasteiger partial charge in [-0.05, 0) is 13.0 Å². The fourth-order valence-electron chi connectivity index (χ4n) is 3.01. The molecular formula is C18H24N6O3. The highest BCUT2D eigenvalue weighted by atomic mass is 16.5. The Labute approximate surface area is 157 Å². The number of nitrogens with zero attached hydrogens (tertiary/aromatic N) is 4. The van der Waals surface area contributed by atoms with Gasteiger partial charge in [-0.2, -0.15) is 0 Å². The Morgan fingerprint density at radius 2 is 2.30 bits per heavy atom. The number of hydrogen-bond donors (Lipinski definition) is 2. The molecule has 0 radical (unpaired) electrons. The number of aromatic amines is 1. The predicted molar refractivity (Wildman–Crippen MR) is 102 cm³/mol. The lowest BCUT2D eigenvalue weighted by Gasteiger charge is -2.44. The zero-order chi connectivity index (χ0) is 19.6. The van der Waals surface area contributed by atoms with Crippen molar-refractivity contribution < 1.29 is 14.3 Å². The van der Waals surface area contributed by atoms with Crippen molar-refractivity contribution in [1.82, 2.24) is 25.2 Å². The summed E-state index contributed by atoms with van der Waals surface area (Å²) in [7, 11) is 3.35. The highest BCUT2D eigenvalue weighted by molar-refractivity contribution is 6.04. The molecule has 2 N–H and O–H groups in total. The van der Waals surface area contributed by atoms with Crippen LogP contribution in [0.15, 0.2) is 25.0 Å². The van der Waals surface area contributed by atoms with E-state index in [1.54, 1.807) is 31.5 Å². The monoisotopic (exact) mass is 372 g/mol. The summed E-state index contributed by atoms with van der Waals surface area (Å²) in [5.74, 6) is 0.350. The lowest BCUT2D eigenvalue weighted by molar-refractivity contribution is -0.127. The summed E-state index contributed by atoms with van der Waals surface area (Å²) < 4.78 is 5.04. The van der Waals surface area contributed by atoms with Crippen molar-refractivity contribution in [1.29, 1.82) is 0 Å². The van der Waals surface area contributed by atoms with Gasteiger partial charge in [0.25, 0.3) is 5.91 Å². The average molecular weight is 372 g/mol. The van der Waals surface area contributed by atoms with Gasteiger partial charge in [0.15, 0.2) is 5.65 Å². The van der Waals surface area contributed by atoms with Crippen molar-refractivity contribution in [3.8, 4) is 0 Å². The summed E-state index contributed by atoms with van der Waals surface area (Å²) in [5.41, 5.74) is 1.52. The largest absolute Gasteiger partial charge is 0.383 e. The van der Waals surface area contributed by atoms with Gasteiger partial charge in [-0.3, -0.25) is 9.59 Å². The van der Waals surface area contributed by atoms with Gasteiger partial charge < -0.3 is 24.8 Å². The summed E-state index contributed by atoms with van der Waals surface area (Å²) in [6.07, 6.45) is 4.59. The zero-order valence-corrected chi connectivity index (χ0v) is 15.7. The minimum Gasteiger partial charge on any atom is -0.383 e. The van der Waals surface area contributed by atoms with Gasteiger partial charge in [-0.15, -0.1) is 0 Å². The molecule has 144 valence electrons. The summed E-state index contributed by atoms with van der Waals surface area (Å²) in [6, 6.07) is -0.00505. The van der Waals surface area contributed by atoms with Gasteiger partial charge in [0, 0.05) is 39.5 Å². The Bertz CT molecular complexity index is 858. The predicted octanol–water partition coefficient (Wildman–Crippen LogP) is 0.556. The van der Waals surface area contributed by atoms with Gasteiger partial charge in [-0.25, -0.2) is 9.97 Å². The van der Waals surface area contributed by atoms with Gasteiger partial charge in [0.05, 0.1) is 24.4 Å². The van der Waals surface area contributed by atoms with Crippen LogP contribution in [0.5, 0.6) is 0 Å². The molecule has 3 heterocycles. The van der Waals surface area contributed by atoms with Crippen molar-refractivity contribution in [3.63, 3.8) is 0 Å². The first kappa shape index (κ1) is 18.8. The molecule has 1 fully saturated rings. The maximum atomic E-state index is 12.5. The molecule has 0 unspecified atom stereocenters. The van der Waals surface area contributed by atoms with E-state index in [4.69, 9.17) is 4.74 Å². The molecule has 2 aromatic rings. The second kappa shape index (κ2) is 7.75. The molecule has 0 saturated carbocycles. The fourth-order valence-corrected chi connectivity index (χ4v) is 3.01. The van der Waals surface area contributed by atoms with Crippen molar-refractivity contribution in [3.05, 3.63) is 30.6 Å². The molecule has 2 amide bonds. The van der Waals surface area contributed by atoms with E-state index in [0.717, 1.165) is 0 Å². The minimum atomic E-state index is -0.227. The second-order valence-electron chi connectivity index (χ2n) is 6.67. The molecule has 27 heavy (non-hydrogen) atoms. The topological polar surface area (TPSA) is 103 Å². The van der Waals surface area contributed by atoms with E-state index < -0.39 is 0 Å². The molecule has 9 nitrogen and oxygen atoms in total. The van der Waals surface area contributed by atoms with Crippen LogP contribution in [0.2, 0.25) is 0 Å². The van der Waals surface area contributed by atoms with Gasteiger partial charge in [-0.1, -0.05) is 6.58 Å². The molecule has 0 aromatic carbocycles. The number of methoxy groups -OCH3 is 1. The second-order valence-corrected chi connectivity index (χ2v) is 6.67. The van der Waals surface area contributed by atoms with Gasteiger partial charge in [0.1, 0.15) is 11.3 Å². The SMILES string of the molecule is C=CC(=O)N(C)C1CN(c2cnc3[nH]cc(C(=O)N[C@@H](C)COC)c3n2)C1. The van der Waals surface area contributed by atoms with E-state index in [9.17, 15) is 9.59 Å². The first-order valence-corrected chi connectivity index (χ1v) is 8.72. The minimum absolute atomic E-state index is 0.101. The molecule has 1 atom stereocenters. The van der Waals surface area contributed by atoms with E-state index in [1.165, 1.54) is 6.08 Å². The van der Waals surface area contributed by atoms with Gasteiger partial charge in [0.2, 0.25) is 5.91 Å². The molecule has 2 aromatic heterocycles. The average Bonchev–Trinajstić information content (AvgIpc) is 3.03. The Kier molecular flexibility index (Phi) is 5.41. The van der Waals surface area contributed by atoms with Crippen LogP contribution < -0.4 is 10.2 Å². The number of fused-ring (bicyclic) bond motifs is 1. The highest BCUT2D eigenvalue weighted by Gasteiger charge is 2.33. The number of anilines is 1. The van der Waals surface area contributed by atoms with E-state index in [1.807, 2.05) is 11.8 Å². The Hall–Kier alpha value is -2.94. The maximum Gasteiger partial charge on any atom is 0.255 e.